The number of carbonyl (C=O) groups is 1. The third kappa shape index (κ3) is 1.43. The maximum atomic E-state index is 11.8. The number of phenolic OH excluding ortho intramolecular Hbond substituents is 2. The van der Waals surface area contributed by atoms with Gasteiger partial charge < -0.3 is 14.9 Å². The smallest absolute Gasteiger partial charge is 0.348 e. The number of hydrogen-bond acceptors (Lipinski definition) is 4. The van der Waals surface area contributed by atoms with Gasteiger partial charge in [0.05, 0.1) is 0 Å². The van der Waals surface area contributed by atoms with Crippen LogP contribution in [0.1, 0.15) is 41.3 Å². The van der Waals surface area contributed by atoms with Crippen molar-refractivity contribution in [2.75, 3.05) is 0 Å². The van der Waals surface area contributed by atoms with Crippen molar-refractivity contribution in [3.63, 3.8) is 0 Å². The number of aromatic hydroxyl groups is 2. The lowest BCUT2D eigenvalue weighted by molar-refractivity contribution is 0.0751. The molecule has 1 aliphatic rings. The van der Waals surface area contributed by atoms with Crippen molar-refractivity contribution in [1.29, 1.82) is 0 Å². The van der Waals surface area contributed by atoms with E-state index >= 15 is 0 Å². The lowest BCUT2D eigenvalue weighted by Gasteiger charge is -2.14. The standard InChI is InChI=1S/C15H14O4/c1-6(2)10-8-4-7(3)5-9-11(8)12(15(18)19-9)14(17)13(10)16/h4-6,16-17H,1-3H3. The van der Waals surface area contributed by atoms with E-state index < -0.39 is 5.97 Å². The van der Waals surface area contributed by atoms with Crippen LogP contribution >= 0.6 is 0 Å². The molecule has 0 atom stereocenters. The molecule has 3 rings (SSSR count). The fourth-order valence-corrected chi connectivity index (χ4v) is 2.73. The molecule has 0 amide bonds. The summed E-state index contributed by atoms with van der Waals surface area (Å²) in [6.07, 6.45) is 0. The van der Waals surface area contributed by atoms with Crippen molar-refractivity contribution in [1.82, 2.24) is 0 Å². The molecule has 0 saturated heterocycles. The Morgan fingerprint density at radius 1 is 1.16 bits per heavy atom. The van der Waals surface area contributed by atoms with Crippen LogP contribution < -0.4 is 4.74 Å². The van der Waals surface area contributed by atoms with E-state index in [1.165, 1.54) is 0 Å². The summed E-state index contributed by atoms with van der Waals surface area (Å²) >= 11 is 0. The van der Waals surface area contributed by atoms with Gasteiger partial charge in [-0.05, 0) is 29.9 Å². The van der Waals surface area contributed by atoms with Crippen molar-refractivity contribution in [2.24, 2.45) is 0 Å². The SMILES string of the molecule is Cc1cc2c3c(c(O)c(O)c(C(C)C)c3c1)C(=O)O2. The van der Waals surface area contributed by atoms with E-state index in [0.717, 1.165) is 10.9 Å². The van der Waals surface area contributed by atoms with E-state index in [1.807, 2.05) is 26.8 Å². The number of ether oxygens (including phenoxy) is 1. The largest absolute Gasteiger partial charge is 0.504 e. The molecule has 0 aliphatic carbocycles. The van der Waals surface area contributed by atoms with Gasteiger partial charge in [-0.15, -0.1) is 0 Å². The quantitative estimate of drug-likeness (QED) is 0.468. The molecule has 0 bridgehead atoms. The summed E-state index contributed by atoms with van der Waals surface area (Å²) in [5, 5.41) is 21.6. The van der Waals surface area contributed by atoms with Crippen molar-refractivity contribution in [2.45, 2.75) is 26.7 Å². The molecular formula is C15H14O4. The van der Waals surface area contributed by atoms with Crippen molar-refractivity contribution in [3.05, 3.63) is 28.8 Å². The van der Waals surface area contributed by atoms with Gasteiger partial charge in [0, 0.05) is 10.9 Å². The molecule has 4 nitrogen and oxygen atoms in total. The molecule has 2 aromatic rings. The molecule has 4 heteroatoms. The lowest BCUT2D eigenvalue weighted by Crippen LogP contribution is -2.02. The van der Waals surface area contributed by atoms with Crippen LogP contribution in [0.25, 0.3) is 10.8 Å². The molecular weight excluding hydrogens is 244 g/mol. The van der Waals surface area contributed by atoms with Gasteiger partial charge in [0.2, 0.25) is 0 Å². The highest BCUT2D eigenvalue weighted by molar-refractivity contribution is 6.16. The van der Waals surface area contributed by atoms with Crippen LogP contribution in [-0.2, 0) is 0 Å². The number of phenols is 2. The molecule has 0 saturated carbocycles. The number of hydrogen-bond donors (Lipinski definition) is 2. The van der Waals surface area contributed by atoms with E-state index in [-0.39, 0.29) is 23.0 Å². The number of esters is 1. The van der Waals surface area contributed by atoms with E-state index in [2.05, 4.69) is 0 Å². The third-order valence-corrected chi connectivity index (χ3v) is 3.49. The Labute approximate surface area is 110 Å². The second kappa shape index (κ2) is 3.63. The minimum Gasteiger partial charge on any atom is -0.504 e. The molecule has 1 aliphatic heterocycles. The highest BCUT2D eigenvalue weighted by atomic mass is 16.5. The van der Waals surface area contributed by atoms with Gasteiger partial charge in [-0.1, -0.05) is 19.9 Å². The van der Waals surface area contributed by atoms with Crippen LogP contribution in [0.2, 0.25) is 0 Å². The van der Waals surface area contributed by atoms with Gasteiger partial charge in [0.1, 0.15) is 11.3 Å². The van der Waals surface area contributed by atoms with Crippen LogP contribution in [0.15, 0.2) is 12.1 Å². The van der Waals surface area contributed by atoms with Crippen molar-refractivity contribution < 1.29 is 19.7 Å². The van der Waals surface area contributed by atoms with E-state index in [9.17, 15) is 15.0 Å². The fourth-order valence-electron chi connectivity index (χ4n) is 2.73. The summed E-state index contributed by atoms with van der Waals surface area (Å²) in [5.41, 5.74) is 1.64. The van der Waals surface area contributed by atoms with Crippen LogP contribution in [0.5, 0.6) is 17.2 Å². The Morgan fingerprint density at radius 3 is 2.47 bits per heavy atom. The predicted octanol–water partition coefficient (Wildman–Crippen LogP) is 3.22. The second-order valence-corrected chi connectivity index (χ2v) is 5.22. The molecule has 1 heterocycles. The Hall–Kier alpha value is -2.23. The fraction of sp³-hybridized carbons (Fsp3) is 0.267. The molecule has 0 fully saturated rings. The minimum atomic E-state index is -0.617. The topological polar surface area (TPSA) is 66.8 Å². The monoisotopic (exact) mass is 258 g/mol. The number of carbonyl (C=O) groups excluding carboxylic acids is 1. The van der Waals surface area contributed by atoms with Crippen molar-refractivity contribution >= 4 is 16.7 Å². The summed E-state index contributed by atoms with van der Waals surface area (Å²) in [6.45, 7) is 5.75. The van der Waals surface area contributed by atoms with Crippen LogP contribution in [0, 0.1) is 6.92 Å². The first kappa shape index (κ1) is 11.8. The average Bonchev–Trinajstić information content (AvgIpc) is 2.62. The molecule has 2 aromatic carbocycles. The molecule has 2 N–H and O–H groups in total. The summed E-state index contributed by atoms with van der Waals surface area (Å²) in [5.74, 6) is -0.761. The van der Waals surface area contributed by atoms with Crippen LogP contribution in [0.3, 0.4) is 0 Å². The summed E-state index contributed by atoms with van der Waals surface area (Å²) in [6, 6.07) is 3.66. The number of benzene rings is 2. The molecule has 0 radical (unpaired) electrons. The zero-order valence-corrected chi connectivity index (χ0v) is 10.9. The normalized spacial score (nSPS) is 13.4. The van der Waals surface area contributed by atoms with Gasteiger partial charge in [-0.25, -0.2) is 4.79 Å². The minimum absolute atomic E-state index is 0.0188. The zero-order chi connectivity index (χ0) is 13.9. The summed E-state index contributed by atoms with van der Waals surface area (Å²) < 4.78 is 5.16. The van der Waals surface area contributed by atoms with Gasteiger partial charge in [-0.2, -0.15) is 0 Å². The van der Waals surface area contributed by atoms with Gasteiger partial charge in [0.25, 0.3) is 0 Å². The zero-order valence-electron chi connectivity index (χ0n) is 10.9. The van der Waals surface area contributed by atoms with Crippen LogP contribution in [0.4, 0.5) is 0 Å². The first-order chi connectivity index (χ1) is 8.91. The number of rotatable bonds is 1. The molecule has 0 spiro atoms. The third-order valence-electron chi connectivity index (χ3n) is 3.49. The maximum Gasteiger partial charge on any atom is 0.348 e. The molecule has 98 valence electrons. The van der Waals surface area contributed by atoms with E-state index in [0.29, 0.717) is 16.7 Å². The van der Waals surface area contributed by atoms with E-state index in [1.54, 1.807) is 6.07 Å². The maximum absolute atomic E-state index is 11.8. The van der Waals surface area contributed by atoms with Crippen molar-refractivity contribution in [3.8, 4) is 17.2 Å². The second-order valence-electron chi connectivity index (χ2n) is 5.22. The highest BCUT2D eigenvalue weighted by Crippen LogP contribution is 2.49. The Kier molecular flexibility index (Phi) is 2.26. The van der Waals surface area contributed by atoms with Crippen LogP contribution in [-0.4, -0.2) is 16.2 Å². The Balaban J connectivity index is 2.59. The average molecular weight is 258 g/mol. The molecule has 0 aromatic heterocycles. The van der Waals surface area contributed by atoms with Gasteiger partial charge in [-0.3, -0.25) is 0 Å². The first-order valence-electron chi connectivity index (χ1n) is 6.16. The Morgan fingerprint density at radius 2 is 1.84 bits per heavy atom. The Bertz CT molecular complexity index is 729. The van der Waals surface area contributed by atoms with Gasteiger partial charge in [0.15, 0.2) is 11.5 Å². The molecule has 19 heavy (non-hydrogen) atoms. The van der Waals surface area contributed by atoms with Gasteiger partial charge >= 0.3 is 5.97 Å². The molecule has 0 unspecified atom stereocenters. The summed E-state index contributed by atoms with van der Waals surface area (Å²) in [4.78, 5) is 11.8. The highest BCUT2D eigenvalue weighted by Gasteiger charge is 2.32. The van der Waals surface area contributed by atoms with E-state index in [4.69, 9.17) is 4.74 Å². The lowest BCUT2D eigenvalue weighted by atomic mass is 9.90. The first-order valence-corrected chi connectivity index (χ1v) is 6.16. The number of aryl methyl sites for hydroxylation is 1. The summed E-state index contributed by atoms with van der Waals surface area (Å²) in [7, 11) is 0. The predicted molar refractivity (Wildman–Crippen MR) is 71.1 cm³/mol.